The van der Waals surface area contributed by atoms with Crippen LogP contribution in [0.5, 0.6) is 0 Å². The second-order valence-electron chi connectivity index (χ2n) is 11.9. The molecule has 3 atom stereocenters. The van der Waals surface area contributed by atoms with E-state index in [-0.39, 0.29) is 34.2 Å². The van der Waals surface area contributed by atoms with Crippen LogP contribution in [0, 0.1) is 12.8 Å². The highest BCUT2D eigenvalue weighted by Gasteiger charge is 2.43. The molecule has 0 radical (unpaired) electrons. The molecule has 0 aromatic carbocycles. The van der Waals surface area contributed by atoms with Crippen molar-refractivity contribution in [2.75, 3.05) is 10.6 Å². The van der Waals surface area contributed by atoms with E-state index in [1.165, 1.54) is 6.07 Å². The molecule has 2 aliphatic heterocycles. The Labute approximate surface area is 242 Å². The number of piperidine rings is 1. The molecule has 1 amide bonds. The molecule has 222 valence electrons. The van der Waals surface area contributed by atoms with Gasteiger partial charge in [0.25, 0.3) is 5.91 Å². The van der Waals surface area contributed by atoms with E-state index >= 15 is 0 Å². The molecule has 1 saturated carbocycles. The fourth-order valence-electron chi connectivity index (χ4n) is 6.80. The maximum absolute atomic E-state index is 13.8. The number of carbonyl (C=O) groups is 1. The van der Waals surface area contributed by atoms with Gasteiger partial charge in [0, 0.05) is 47.5 Å². The second-order valence-corrected chi connectivity index (χ2v) is 13.8. The lowest BCUT2D eigenvalue weighted by atomic mass is 9.97. The molecule has 2 bridgehead atoms. The van der Waals surface area contributed by atoms with Crippen molar-refractivity contribution in [1.29, 1.82) is 0 Å². The summed E-state index contributed by atoms with van der Waals surface area (Å²) in [6.07, 6.45) is 8.48. The number of sulfonamides is 1. The minimum atomic E-state index is -4.25. The van der Waals surface area contributed by atoms with Crippen LogP contribution in [0.1, 0.15) is 54.6 Å². The number of rotatable bonds is 7. The van der Waals surface area contributed by atoms with Gasteiger partial charge in [0.05, 0.1) is 11.9 Å². The van der Waals surface area contributed by atoms with Crippen LogP contribution in [-0.2, 0) is 16.6 Å². The first-order valence-electron chi connectivity index (χ1n) is 14.4. The fraction of sp³-hybridized carbons (Fsp3) is 0.483. The molecule has 13 heteroatoms. The van der Waals surface area contributed by atoms with E-state index in [2.05, 4.69) is 4.98 Å². The Kier molecular flexibility index (Phi) is 6.32. The van der Waals surface area contributed by atoms with Crippen molar-refractivity contribution >= 4 is 38.4 Å². The first-order chi connectivity index (χ1) is 20.0. The van der Waals surface area contributed by atoms with Crippen molar-refractivity contribution in [3.8, 4) is 11.4 Å². The zero-order chi connectivity index (χ0) is 29.5. The Morgan fingerprint density at radius 2 is 1.86 bits per heavy atom. The van der Waals surface area contributed by atoms with Crippen molar-refractivity contribution in [3.63, 3.8) is 0 Å². The molecule has 2 saturated heterocycles. The Hall–Kier alpha value is -3.58. The van der Waals surface area contributed by atoms with Gasteiger partial charge in [0.15, 0.2) is 0 Å². The number of nitrogens with two attached hydrogens (primary N) is 1. The predicted molar refractivity (Wildman–Crippen MR) is 155 cm³/mol. The van der Waals surface area contributed by atoms with Gasteiger partial charge in [-0.1, -0.05) is 0 Å². The van der Waals surface area contributed by atoms with Gasteiger partial charge in [-0.15, -0.1) is 0 Å². The van der Waals surface area contributed by atoms with Crippen LogP contribution in [-0.4, -0.2) is 69.1 Å². The normalized spacial score (nSPS) is 22.5. The molecule has 3 aliphatic rings. The number of fused-ring (bicyclic) bond motifs is 4. The van der Waals surface area contributed by atoms with Crippen molar-refractivity contribution < 1.29 is 22.0 Å². The predicted octanol–water partition coefficient (Wildman–Crippen LogP) is 4.15. The van der Waals surface area contributed by atoms with Gasteiger partial charge in [0.2, 0.25) is 10.0 Å². The first-order valence-corrected chi connectivity index (χ1v) is 16.2. The van der Waals surface area contributed by atoms with E-state index < -0.39 is 16.6 Å². The highest BCUT2D eigenvalue weighted by atomic mass is 32.2. The maximum atomic E-state index is 13.8. The molecule has 4 aromatic rings. The maximum Gasteiger partial charge on any atom is 0.329 e. The fourth-order valence-corrected chi connectivity index (χ4v) is 7.53. The van der Waals surface area contributed by atoms with Crippen molar-refractivity contribution in [3.05, 3.63) is 47.8 Å². The minimum absolute atomic E-state index is 0.00410. The smallest absolute Gasteiger partial charge is 0.329 e. The van der Waals surface area contributed by atoms with Gasteiger partial charge in [-0.05, 0) is 81.7 Å². The van der Waals surface area contributed by atoms with E-state index in [0.29, 0.717) is 40.4 Å². The summed E-state index contributed by atoms with van der Waals surface area (Å²) in [5.41, 5.74) is 10.3. The lowest BCUT2D eigenvalue weighted by Gasteiger charge is -2.38. The summed E-state index contributed by atoms with van der Waals surface area (Å²) in [5, 5.41) is 0.696. The van der Waals surface area contributed by atoms with E-state index in [0.717, 1.165) is 56.2 Å². The number of aryl methyl sites for hydroxylation is 1. The van der Waals surface area contributed by atoms with Crippen molar-refractivity contribution in [1.82, 2.24) is 23.8 Å². The average molecular weight is 598 g/mol. The molecule has 4 aromatic heterocycles. The third kappa shape index (κ3) is 4.44. The summed E-state index contributed by atoms with van der Waals surface area (Å²) in [6, 6.07) is 8.78. The van der Waals surface area contributed by atoms with Gasteiger partial charge in [-0.3, -0.25) is 4.79 Å². The average Bonchev–Trinajstić information content (AvgIpc) is 3.48. The molecule has 3 fully saturated rings. The lowest BCUT2D eigenvalue weighted by Crippen LogP contribution is -2.53. The van der Waals surface area contributed by atoms with Crippen molar-refractivity contribution in [2.45, 2.75) is 76.7 Å². The van der Waals surface area contributed by atoms with Gasteiger partial charge < -0.3 is 19.6 Å². The largest absolute Gasteiger partial charge is 0.331 e. The summed E-state index contributed by atoms with van der Waals surface area (Å²) in [6.45, 7) is -0.705. The zero-order valence-electron chi connectivity index (χ0n) is 23.5. The number of alkyl halides is 2. The molecule has 0 unspecified atom stereocenters. The molecule has 7 rings (SSSR count). The molecule has 10 nitrogen and oxygen atoms in total. The number of aromatic nitrogens is 4. The number of carbonyl (C=O) groups excluding carboxylic acids is 1. The highest BCUT2D eigenvalue weighted by Crippen LogP contribution is 2.38. The molecular weight excluding hydrogens is 564 g/mol. The topological polar surface area (TPSA) is 119 Å². The van der Waals surface area contributed by atoms with Crippen LogP contribution in [0.15, 0.2) is 36.5 Å². The van der Waals surface area contributed by atoms with Crippen LogP contribution in [0.25, 0.3) is 28.1 Å². The number of pyridine rings is 2. The van der Waals surface area contributed by atoms with Crippen LogP contribution < -0.4 is 10.0 Å². The number of imidazole rings is 1. The highest BCUT2D eigenvalue weighted by molar-refractivity contribution is 7.92. The Morgan fingerprint density at radius 3 is 2.57 bits per heavy atom. The first kappa shape index (κ1) is 27.3. The molecule has 42 heavy (non-hydrogen) atoms. The minimum Gasteiger partial charge on any atom is -0.331 e. The standard InChI is InChI=1S/C29H33F2N7O3S/c1-16-26(33-25-14-19(11-12-35(16)25)28(39)37-20-6-8-21(32)22(37)9-7-20)23-13-18-5-10-24(38(29(30)31)42(2,40)41)34-27(18)36(23)15-17-3-4-17/h5,10-14,17,20-22,29H,3-4,6-9,15,32H2,1-2H3/t20-,21-,22-/m1/s1. The summed E-state index contributed by atoms with van der Waals surface area (Å²) < 4.78 is 55.7. The van der Waals surface area contributed by atoms with E-state index in [4.69, 9.17) is 10.7 Å². The van der Waals surface area contributed by atoms with E-state index in [1.54, 1.807) is 6.07 Å². The van der Waals surface area contributed by atoms with Gasteiger partial charge in [0.1, 0.15) is 22.8 Å². The van der Waals surface area contributed by atoms with Gasteiger partial charge in [-0.2, -0.15) is 13.1 Å². The third-order valence-corrected chi connectivity index (χ3v) is 10.2. The lowest BCUT2D eigenvalue weighted by molar-refractivity contribution is 0.0562. The number of hydrogen-bond donors (Lipinski definition) is 1. The SMILES string of the molecule is Cc1c(-c2cc3ccc(N(C(F)F)S(C)(=O)=O)nc3n2CC2CC2)nc2cc(C(=O)N3[C@@H]4CC[C@@H](N)[C@H]3CC4)ccn12. The zero-order valence-corrected chi connectivity index (χ0v) is 24.3. The third-order valence-electron chi connectivity index (χ3n) is 9.09. The Bertz CT molecular complexity index is 1830. The summed E-state index contributed by atoms with van der Waals surface area (Å²) in [7, 11) is -4.25. The van der Waals surface area contributed by atoms with Crippen LogP contribution in [0.4, 0.5) is 14.6 Å². The van der Waals surface area contributed by atoms with Crippen molar-refractivity contribution in [2.24, 2.45) is 11.7 Å². The van der Waals surface area contributed by atoms with E-state index in [1.807, 2.05) is 45.2 Å². The molecule has 6 heterocycles. The Morgan fingerprint density at radius 1 is 1.10 bits per heavy atom. The van der Waals surface area contributed by atoms with E-state index in [9.17, 15) is 22.0 Å². The van der Waals surface area contributed by atoms with Gasteiger partial charge in [-0.25, -0.2) is 18.4 Å². The van der Waals surface area contributed by atoms with Crippen LogP contribution in [0.2, 0.25) is 0 Å². The molecule has 0 spiro atoms. The number of halogens is 2. The molecular formula is C29H33F2N7O3S. The Balaban J connectivity index is 1.31. The summed E-state index contributed by atoms with van der Waals surface area (Å²) >= 11 is 0. The quantitative estimate of drug-likeness (QED) is 0.320. The monoisotopic (exact) mass is 597 g/mol. The second kappa shape index (κ2) is 9.73. The van der Waals surface area contributed by atoms with Gasteiger partial charge >= 0.3 is 6.55 Å². The van der Waals surface area contributed by atoms with Crippen LogP contribution >= 0.6 is 0 Å². The number of nitrogens with zero attached hydrogens (tertiary/aromatic N) is 6. The summed E-state index contributed by atoms with van der Waals surface area (Å²) in [5.74, 6) is 0.0677. The summed E-state index contributed by atoms with van der Waals surface area (Å²) in [4.78, 5) is 25.0. The van der Waals surface area contributed by atoms with Crippen LogP contribution in [0.3, 0.4) is 0 Å². The molecule has 1 aliphatic carbocycles. The number of anilines is 1. The number of amides is 1. The molecule has 2 N–H and O–H groups in total. The number of hydrogen-bond acceptors (Lipinski definition) is 6.